The highest BCUT2D eigenvalue weighted by Gasteiger charge is 2.02. The van der Waals surface area contributed by atoms with Crippen LogP contribution < -0.4 is 5.32 Å². The first kappa shape index (κ1) is 14.5. The number of aryl methyl sites for hydroxylation is 1. The highest BCUT2D eigenvalue weighted by Crippen LogP contribution is 2.28. The molecule has 0 aliphatic rings. The summed E-state index contributed by atoms with van der Waals surface area (Å²) in [7, 11) is 0. The maximum atomic E-state index is 3.53. The van der Waals surface area contributed by atoms with Gasteiger partial charge in [-0.3, -0.25) is 0 Å². The number of fused-ring (bicyclic) bond motifs is 1. The lowest BCUT2D eigenvalue weighted by atomic mass is 10.0. The lowest BCUT2D eigenvalue weighted by Gasteiger charge is -2.11. The van der Waals surface area contributed by atoms with Gasteiger partial charge in [-0.1, -0.05) is 78.4 Å². The zero-order chi connectivity index (χ0) is 16.4. The van der Waals surface area contributed by atoms with Crippen molar-refractivity contribution in [2.45, 2.75) is 6.92 Å². The van der Waals surface area contributed by atoms with E-state index in [-0.39, 0.29) is 0 Å². The first-order valence-electron chi connectivity index (χ1n) is 8.21. The Kier molecular flexibility index (Phi) is 3.76. The van der Waals surface area contributed by atoms with Crippen LogP contribution in [0.2, 0.25) is 0 Å². The molecule has 0 spiro atoms. The monoisotopic (exact) mass is 309 g/mol. The number of anilines is 2. The number of rotatable bonds is 3. The Morgan fingerprint density at radius 2 is 1.21 bits per heavy atom. The Hall–Kier alpha value is -3.06. The number of benzene rings is 4. The Morgan fingerprint density at radius 1 is 0.583 bits per heavy atom. The zero-order valence-corrected chi connectivity index (χ0v) is 13.7. The summed E-state index contributed by atoms with van der Waals surface area (Å²) in [4.78, 5) is 0. The van der Waals surface area contributed by atoms with E-state index in [1.807, 2.05) is 0 Å². The van der Waals surface area contributed by atoms with Crippen molar-refractivity contribution in [3.8, 4) is 11.1 Å². The van der Waals surface area contributed by atoms with Crippen molar-refractivity contribution >= 4 is 22.1 Å². The van der Waals surface area contributed by atoms with Crippen molar-refractivity contribution < 1.29 is 0 Å². The van der Waals surface area contributed by atoms with Gasteiger partial charge in [-0.15, -0.1) is 0 Å². The average Bonchev–Trinajstić information content (AvgIpc) is 2.63. The molecule has 0 radical (unpaired) electrons. The van der Waals surface area contributed by atoms with Crippen LogP contribution in [0.1, 0.15) is 5.56 Å². The molecule has 0 saturated heterocycles. The third-order valence-corrected chi connectivity index (χ3v) is 4.34. The van der Waals surface area contributed by atoms with Gasteiger partial charge in [-0.25, -0.2) is 0 Å². The Balaban J connectivity index is 1.62. The topological polar surface area (TPSA) is 12.0 Å². The van der Waals surface area contributed by atoms with Crippen molar-refractivity contribution in [3.63, 3.8) is 0 Å². The van der Waals surface area contributed by atoms with Crippen molar-refractivity contribution in [3.05, 3.63) is 96.6 Å². The van der Waals surface area contributed by atoms with Crippen molar-refractivity contribution in [2.75, 3.05) is 5.32 Å². The molecular formula is C23H19N. The van der Waals surface area contributed by atoms with Crippen LogP contribution >= 0.6 is 0 Å². The SMILES string of the molecule is Cc1ccc(-c2ccc(Nc3cccc4ccccc34)cc2)cc1. The average molecular weight is 309 g/mol. The molecule has 0 aliphatic carbocycles. The highest BCUT2D eigenvalue weighted by atomic mass is 14.9. The molecule has 1 nitrogen and oxygen atoms in total. The minimum absolute atomic E-state index is 1.10. The van der Waals surface area contributed by atoms with E-state index < -0.39 is 0 Å². The van der Waals surface area contributed by atoms with Crippen LogP contribution in [-0.4, -0.2) is 0 Å². The normalized spacial score (nSPS) is 10.7. The highest BCUT2D eigenvalue weighted by molar-refractivity contribution is 5.95. The largest absolute Gasteiger partial charge is 0.355 e. The molecule has 4 rings (SSSR count). The van der Waals surface area contributed by atoms with Crippen LogP contribution in [0, 0.1) is 6.92 Å². The summed E-state index contributed by atoms with van der Waals surface area (Å²) in [5.74, 6) is 0. The maximum Gasteiger partial charge on any atom is 0.0463 e. The molecule has 0 aliphatic heterocycles. The Labute approximate surface area is 142 Å². The molecule has 4 aromatic carbocycles. The van der Waals surface area contributed by atoms with E-state index >= 15 is 0 Å². The van der Waals surface area contributed by atoms with Crippen LogP contribution in [0.25, 0.3) is 21.9 Å². The fourth-order valence-corrected chi connectivity index (χ4v) is 2.98. The molecule has 0 atom stereocenters. The molecule has 0 heterocycles. The molecular weight excluding hydrogens is 290 g/mol. The molecule has 4 aromatic rings. The Morgan fingerprint density at radius 3 is 1.96 bits per heavy atom. The second kappa shape index (κ2) is 6.21. The second-order valence-corrected chi connectivity index (χ2v) is 6.10. The van der Waals surface area contributed by atoms with Gasteiger partial charge in [0.15, 0.2) is 0 Å². The second-order valence-electron chi connectivity index (χ2n) is 6.10. The van der Waals surface area contributed by atoms with Gasteiger partial charge in [0.2, 0.25) is 0 Å². The third-order valence-electron chi connectivity index (χ3n) is 4.34. The Bertz CT molecular complexity index is 961. The van der Waals surface area contributed by atoms with Gasteiger partial charge in [0.05, 0.1) is 0 Å². The number of hydrogen-bond donors (Lipinski definition) is 1. The summed E-state index contributed by atoms with van der Waals surface area (Å²) >= 11 is 0. The first-order chi connectivity index (χ1) is 11.8. The van der Waals surface area contributed by atoms with E-state index in [2.05, 4.69) is 103 Å². The van der Waals surface area contributed by atoms with Crippen LogP contribution in [-0.2, 0) is 0 Å². The van der Waals surface area contributed by atoms with E-state index in [0.29, 0.717) is 0 Å². The standard InChI is InChI=1S/C23H19N/c1-17-9-11-18(12-10-17)19-13-15-21(16-14-19)24-23-8-4-6-20-5-2-3-7-22(20)23/h2-16,24H,1H3. The smallest absolute Gasteiger partial charge is 0.0463 e. The van der Waals surface area contributed by atoms with E-state index in [4.69, 9.17) is 0 Å². The first-order valence-corrected chi connectivity index (χ1v) is 8.21. The lowest BCUT2D eigenvalue weighted by molar-refractivity contribution is 1.47. The zero-order valence-electron chi connectivity index (χ0n) is 13.7. The number of nitrogens with one attached hydrogen (secondary N) is 1. The minimum atomic E-state index is 1.10. The third kappa shape index (κ3) is 2.89. The predicted octanol–water partition coefficient (Wildman–Crippen LogP) is 6.56. The maximum absolute atomic E-state index is 3.53. The lowest BCUT2D eigenvalue weighted by Crippen LogP contribution is -1.91. The minimum Gasteiger partial charge on any atom is -0.355 e. The molecule has 1 N–H and O–H groups in total. The molecule has 24 heavy (non-hydrogen) atoms. The molecule has 0 fully saturated rings. The summed E-state index contributed by atoms with van der Waals surface area (Å²) in [5.41, 5.74) is 6.00. The summed E-state index contributed by atoms with van der Waals surface area (Å²) in [6.45, 7) is 2.11. The molecule has 0 bridgehead atoms. The summed E-state index contributed by atoms with van der Waals surface area (Å²) in [5, 5.41) is 6.02. The number of hydrogen-bond acceptors (Lipinski definition) is 1. The summed E-state index contributed by atoms with van der Waals surface area (Å²) in [6.07, 6.45) is 0. The van der Waals surface area contributed by atoms with Crippen LogP contribution in [0.15, 0.2) is 91.0 Å². The van der Waals surface area contributed by atoms with Crippen molar-refractivity contribution in [1.29, 1.82) is 0 Å². The molecule has 0 amide bonds. The molecule has 0 unspecified atom stereocenters. The fourth-order valence-electron chi connectivity index (χ4n) is 2.98. The van der Waals surface area contributed by atoms with Gasteiger partial charge < -0.3 is 5.32 Å². The van der Waals surface area contributed by atoms with Gasteiger partial charge in [-0.2, -0.15) is 0 Å². The quantitative estimate of drug-likeness (QED) is 0.452. The van der Waals surface area contributed by atoms with Crippen LogP contribution in [0.3, 0.4) is 0 Å². The van der Waals surface area contributed by atoms with Gasteiger partial charge >= 0.3 is 0 Å². The van der Waals surface area contributed by atoms with Gasteiger partial charge in [0, 0.05) is 16.8 Å². The van der Waals surface area contributed by atoms with Crippen LogP contribution in [0.4, 0.5) is 11.4 Å². The van der Waals surface area contributed by atoms with Crippen molar-refractivity contribution in [2.24, 2.45) is 0 Å². The molecule has 0 aromatic heterocycles. The van der Waals surface area contributed by atoms with E-state index in [0.717, 1.165) is 11.4 Å². The van der Waals surface area contributed by atoms with Crippen LogP contribution in [0.5, 0.6) is 0 Å². The van der Waals surface area contributed by atoms with Gasteiger partial charge in [-0.05, 0) is 41.6 Å². The van der Waals surface area contributed by atoms with Gasteiger partial charge in [0.25, 0.3) is 0 Å². The molecule has 0 saturated carbocycles. The summed E-state index contributed by atoms with van der Waals surface area (Å²) < 4.78 is 0. The van der Waals surface area contributed by atoms with E-state index in [9.17, 15) is 0 Å². The molecule has 116 valence electrons. The van der Waals surface area contributed by atoms with E-state index in [1.54, 1.807) is 0 Å². The fraction of sp³-hybridized carbons (Fsp3) is 0.0435. The van der Waals surface area contributed by atoms with Gasteiger partial charge in [0.1, 0.15) is 0 Å². The van der Waals surface area contributed by atoms with E-state index in [1.165, 1.54) is 27.5 Å². The predicted molar refractivity (Wildman–Crippen MR) is 104 cm³/mol. The summed E-state index contributed by atoms with van der Waals surface area (Å²) in [6, 6.07) is 32.0. The van der Waals surface area contributed by atoms with Crippen molar-refractivity contribution in [1.82, 2.24) is 0 Å². The molecule has 1 heteroatoms.